The van der Waals surface area contributed by atoms with E-state index < -0.39 is 0 Å². The summed E-state index contributed by atoms with van der Waals surface area (Å²) in [5, 5.41) is 0. The maximum atomic E-state index is 5.52. The minimum atomic E-state index is 0.727. The lowest BCUT2D eigenvalue weighted by molar-refractivity contribution is 0.314. The van der Waals surface area contributed by atoms with Gasteiger partial charge in [0.25, 0.3) is 0 Å². The lowest BCUT2D eigenvalue weighted by atomic mass is 10.2. The highest BCUT2D eigenvalue weighted by molar-refractivity contribution is 7.80. The van der Waals surface area contributed by atoms with Crippen molar-refractivity contribution >= 4 is 17.1 Å². The first-order chi connectivity index (χ1) is 6.68. The van der Waals surface area contributed by atoms with Gasteiger partial charge in [0.2, 0.25) is 0 Å². The number of ether oxygens (including phenoxy) is 1. The van der Waals surface area contributed by atoms with Crippen molar-refractivity contribution in [1.82, 2.24) is 0 Å². The van der Waals surface area contributed by atoms with E-state index in [1.54, 1.807) is 0 Å². The van der Waals surface area contributed by atoms with Gasteiger partial charge in [0.1, 0.15) is 5.75 Å². The van der Waals surface area contributed by atoms with E-state index >= 15 is 0 Å². The van der Waals surface area contributed by atoms with Crippen molar-refractivity contribution in [3.8, 4) is 5.75 Å². The monoisotopic (exact) mass is 207 g/mol. The Morgan fingerprint density at radius 2 is 2.00 bits per heavy atom. The molecule has 1 aromatic rings. The Labute approximate surface area is 91.1 Å². The number of rotatable bonds is 5. The zero-order valence-electron chi connectivity index (χ0n) is 8.45. The molecule has 0 bridgehead atoms. The van der Waals surface area contributed by atoms with Crippen LogP contribution in [-0.2, 0) is 0 Å². The van der Waals surface area contributed by atoms with E-state index in [-0.39, 0.29) is 0 Å². The molecule has 0 amide bonds. The van der Waals surface area contributed by atoms with Crippen LogP contribution in [0.3, 0.4) is 0 Å². The fourth-order valence-electron chi connectivity index (χ4n) is 1.10. The summed E-state index contributed by atoms with van der Waals surface area (Å²) < 4.78 is 5.52. The number of hydrogen-bond acceptors (Lipinski definition) is 2. The lowest BCUT2D eigenvalue weighted by Crippen LogP contribution is -1.99. The fourth-order valence-corrected chi connectivity index (χ4v) is 1.24. The second-order valence-corrected chi connectivity index (χ2v) is 3.99. The van der Waals surface area contributed by atoms with Crippen LogP contribution < -0.4 is 4.74 Å². The van der Waals surface area contributed by atoms with Crippen molar-refractivity contribution < 1.29 is 4.74 Å². The number of thiocarbonyl (C=S) groups is 1. The molecule has 0 saturated carbocycles. The van der Waals surface area contributed by atoms with Crippen LogP contribution in [0.2, 0.25) is 0 Å². The first-order valence-electron chi connectivity index (χ1n) is 4.73. The van der Waals surface area contributed by atoms with Crippen LogP contribution in [0.5, 0.6) is 5.75 Å². The third-order valence-electron chi connectivity index (χ3n) is 1.87. The van der Waals surface area contributed by atoms with E-state index in [0.29, 0.717) is 0 Å². The van der Waals surface area contributed by atoms with Crippen molar-refractivity contribution in [2.75, 3.05) is 6.61 Å². The Morgan fingerprint density at radius 1 is 1.36 bits per heavy atom. The lowest BCUT2D eigenvalue weighted by Gasteiger charge is -2.05. The van der Waals surface area contributed by atoms with Gasteiger partial charge in [-0.15, -0.1) is 0 Å². The molecule has 75 valence electrons. The molecule has 1 aromatic carbocycles. The van der Waals surface area contributed by atoms with E-state index in [0.717, 1.165) is 35.6 Å². The molecule has 0 spiro atoms. The molecule has 0 atom stereocenters. The van der Waals surface area contributed by atoms with Gasteiger partial charge in [-0.05, 0) is 49.2 Å². The third kappa shape index (κ3) is 4.38. The van der Waals surface area contributed by atoms with Crippen LogP contribution >= 0.6 is 12.2 Å². The first-order valence-corrected chi connectivity index (χ1v) is 5.13. The summed E-state index contributed by atoms with van der Waals surface area (Å²) in [5.74, 6) is 0.902. The van der Waals surface area contributed by atoms with Gasteiger partial charge in [-0.1, -0.05) is 24.4 Å². The highest BCUT2D eigenvalue weighted by Gasteiger charge is 1.93. The fraction of sp³-hybridized carbons (Fsp3) is 0.333. The summed E-state index contributed by atoms with van der Waals surface area (Å²) in [6.07, 6.45) is 1.95. The van der Waals surface area contributed by atoms with Crippen LogP contribution in [0.1, 0.15) is 25.3 Å². The van der Waals surface area contributed by atoms with Crippen molar-refractivity contribution in [3.63, 3.8) is 0 Å². The van der Waals surface area contributed by atoms with Crippen molar-refractivity contribution in [3.05, 3.63) is 36.8 Å². The Balaban J connectivity index is 2.25. The van der Waals surface area contributed by atoms with Crippen LogP contribution in [0.25, 0.3) is 0 Å². The maximum Gasteiger partial charge on any atom is 0.119 e. The standard InChI is InChI=1S/C12H15OS/c1-10-5-7-12(8-6-10)13-9-3-4-11(2)14/h5-8H,1,3-4,9H2,2H3. The summed E-state index contributed by atoms with van der Waals surface area (Å²) in [7, 11) is 0. The van der Waals surface area contributed by atoms with Crippen LogP contribution in [0.15, 0.2) is 24.3 Å². The Hall–Kier alpha value is -0.890. The molecule has 1 nitrogen and oxygen atoms in total. The Morgan fingerprint density at radius 3 is 2.57 bits per heavy atom. The average molecular weight is 207 g/mol. The van der Waals surface area contributed by atoms with Crippen LogP contribution in [0, 0.1) is 6.92 Å². The molecule has 1 rings (SSSR count). The van der Waals surface area contributed by atoms with Crippen molar-refractivity contribution in [2.45, 2.75) is 19.8 Å². The summed E-state index contributed by atoms with van der Waals surface area (Å²) >= 11 is 4.98. The highest BCUT2D eigenvalue weighted by Crippen LogP contribution is 2.11. The van der Waals surface area contributed by atoms with E-state index in [9.17, 15) is 0 Å². The minimum Gasteiger partial charge on any atom is -0.494 e. The molecule has 0 N–H and O–H groups in total. The molecule has 0 unspecified atom stereocenters. The molecule has 0 aromatic heterocycles. The first kappa shape index (κ1) is 11.2. The predicted molar refractivity (Wildman–Crippen MR) is 63.9 cm³/mol. The third-order valence-corrected chi connectivity index (χ3v) is 2.07. The van der Waals surface area contributed by atoms with Gasteiger partial charge in [0.05, 0.1) is 6.61 Å². The Kier molecular flexibility index (Phi) is 4.60. The second kappa shape index (κ2) is 5.76. The van der Waals surface area contributed by atoms with E-state index in [4.69, 9.17) is 17.0 Å². The summed E-state index contributed by atoms with van der Waals surface area (Å²) in [6, 6.07) is 7.76. The molecule has 1 radical (unpaired) electrons. The van der Waals surface area contributed by atoms with Crippen LogP contribution in [-0.4, -0.2) is 11.5 Å². The average Bonchev–Trinajstić information content (AvgIpc) is 2.15. The smallest absolute Gasteiger partial charge is 0.119 e. The molecule has 0 fully saturated rings. The van der Waals surface area contributed by atoms with Crippen LogP contribution in [0.4, 0.5) is 0 Å². The van der Waals surface area contributed by atoms with Gasteiger partial charge in [0, 0.05) is 0 Å². The van der Waals surface area contributed by atoms with Gasteiger partial charge in [0.15, 0.2) is 0 Å². The summed E-state index contributed by atoms with van der Waals surface area (Å²) in [6.45, 7) is 6.50. The maximum absolute atomic E-state index is 5.52. The zero-order valence-corrected chi connectivity index (χ0v) is 9.27. The highest BCUT2D eigenvalue weighted by atomic mass is 32.1. The molecule has 0 aliphatic carbocycles. The quantitative estimate of drug-likeness (QED) is 0.540. The van der Waals surface area contributed by atoms with E-state index in [2.05, 4.69) is 6.92 Å². The zero-order chi connectivity index (χ0) is 10.4. The van der Waals surface area contributed by atoms with Gasteiger partial charge < -0.3 is 4.74 Å². The number of benzene rings is 1. The minimum absolute atomic E-state index is 0.727. The van der Waals surface area contributed by atoms with Crippen molar-refractivity contribution in [2.24, 2.45) is 0 Å². The molecule has 0 saturated heterocycles. The van der Waals surface area contributed by atoms with Gasteiger partial charge >= 0.3 is 0 Å². The SMILES string of the molecule is [CH2]c1ccc(OCCCC(C)=S)cc1. The number of hydrogen-bond donors (Lipinski definition) is 0. The van der Waals surface area contributed by atoms with Gasteiger partial charge in [-0.25, -0.2) is 0 Å². The summed E-state index contributed by atoms with van der Waals surface area (Å²) in [5.41, 5.74) is 1.01. The van der Waals surface area contributed by atoms with Crippen molar-refractivity contribution in [1.29, 1.82) is 0 Å². The normalized spacial score (nSPS) is 9.86. The summed E-state index contributed by atoms with van der Waals surface area (Å²) in [4.78, 5) is 1.04. The van der Waals surface area contributed by atoms with Gasteiger partial charge in [-0.3, -0.25) is 0 Å². The molecular formula is C12H15OS. The predicted octanol–water partition coefficient (Wildman–Crippen LogP) is 3.42. The van der Waals surface area contributed by atoms with Gasteiger partial charge in [-0.2, -0.15) is 0 Å². The molecular weight excluding hydrogens is 192 g/mol. The van der Waals surface area contributed by atoms with E-state index in [1.807, 2.05) is 31.2 Å². The van der Waals surface area contributed by atoms with E-state index in [1.165, 1.54) is 0 Å². The molecule has 0 aliphatic rings. The topological polar surface area (TPSA) is 9.23 Å². The molecule has 0 heterocycles. The molecule has 2 heteroatoms. The Bertz CT molecular complexity index is 290. The largest absolute Gasteiger partial charge is 0.494 e. The second-order valence-electron chi connectivity index (χ2n) is 3.30. The molecule has 0 aliphatic heterocycles. The molecule has 14 heavy (non-hydrogen) atoms.